The maximum absolute atomic E-state index is 11.3. The van der Waals surface area contributed by atoms with E-state index in [9.17, 15) is 9.90 Å². The minimum absolute atomic E-state index is 0.128. The lowest BCUT2D eigenvalue weighted by atomic mass is 9.97. The first kappa shape index (κ1) is 14.9. The van der Waals surface area contributed by atoms with Gasteiger partial charge in [0.2, 0.25) is 0 Å². The standard InChI is InChI=1S/C14H20ClN3O2/c1-18-4-2-9(3-5-18)8-17-13-11(14(19)20)6-10(16)7-12(13)15/h6-7,9,17H,2-5,8,16H2,1H3,(H,19,20). The van der Waals surface area contributed by atoms with Gasteiger partial charge in [-0.05, 0) is 51.0 Å². The lowest BCUT2D eigenvalue weighted by molar-refractivity contribution is 0.0698. The second kappa shape index (κ2) is 6.33. The quantitative estimate of drug-likeness (QED) is 0.744. The Balaban J connectivity index is 2.07. The Morgan fingerprint density at radius 2 is 2.15 bits per heavy atom. The molecule has 2 rings (SSSR count). The monoisotopic (exact) mass is 297 g/mol. The first-order valence-corrected chi connectivity index (χ1v) is 7.10. The van der Waals surface area contributed by atoms with Crippen molar-refractivity contribution in [1.29, 1.82) is 0 Å². The zero-order valence-electron chi connectivity index (χ0n) is 11.5. The molecular formula is C14H20ClN3O2. The van der Waals surface area contributed by atoms with Gasteiger partial charge in [0, 0.05) is 12.2 Å². The van der Waals surface area contributed by atoms with E-state index in [-0.39, 0.29) is 5.56 Å². The number of carboxylic acid groups (broad SMARTS) is 1. The number of halogens is 1. The number of nitrogen functional groups attached to an aromatic ring is 1. The van der Waals surface area contributed by atoms with Crippen molar-refractivity contribution >= 4 is 28.9 Å². The van der Waals surface area contributed by atoms with Gasteiger partial charge in [0.1, 0.15) is 0 Å². The highest BCUT2D eigenvalue weighted by Gasteiger charge is 2.19. The number of nitrogens with zero attached hydrogens (tertiary/aromatic N) is 1. The fourth-order valence-corrected chi connectivity index (χ4v) is 2.78. The van der Waals surface area contributed by atoms with Crippen LogP contribution >= 0.6 is 11.6 Å². The van der Waals surface area contributed by atoms with Crippen molar-refractivity contribution in [2.24, 2.45) is 5.92 Å². The molecule has 4 N–H and O–H groups in total. The molecule has 1 aliphatic heterocycles. The van der Waals surface area contributed by atoms with Gasteiger partial charge in [0.05, 0.1) is 16.3 Å². The molecule has 20 heavy (non-hydrogen) atoms. The summed E-state index contributed by atoms with van der Waals surface area (Å²) >= 11 is 6.11. The van der Waals surface area contributed by atoms with Gasteiger partial charge in [-0.1, -0.05) is 11.6 Å². The topological polar surface area (TPSA) is 78.6 Å². The number of nitrogens with one attached hydrogen (secondary N) is 1. The van der Waals surface area contributed by atoms with Gasteiger partial charge in [-0.15, -0.1) is 0 Å². The molecule has 5 nitrogen and oxygen atoms in total. The van der Waals surface area contributed by atoms with E-state index < -0.39 is 5.97 Å². The molecule has 0 aromatic heterocycles. The highest BCUT2D eigenvalue weighted by molar-refractivity contribution is 6.34. The summed E-state index contributed by atoms with van der Waals surface area (Å²) in [4.78, 5) is 13.6. The van der Waals surface area contributed by atoms with E-state index in [0.717, 1.165) is 32.5 Å². The third kappa shape index (κ3) is 3.55. The number of carbonyl (C=O) groups is 1. The minimum atomic E-state index is -1.02. The summed E-state index contributed by atoms with van der Waals surface area (Å²) in [6.07, 6.45) is 2.22. The second-order valence-electron chi connectivity index (χ2n) is 5.36. The van der Waals surface area contributed by atoms with Crippen LogP contribution in [0.15, 0.2) is 12.1 Å². The van der Waals surface area contributed by atoms with Gasteiger partial charge in [0.15, 0.2) is 0 Å². The number of carboxylic acids is 1. The average molecular weight is 298 g/mol. The third-order valence-corrected chi connectivity index (χ3v) is 4.05. The van der Waals surface area contributed by atoms with Gasteiger partial charge >= 0.3 is 5.97 Å². The highest BCUT2D eigenvalue weighted by atomic mass is 35.5. The molecule has 1 heterocycles. The van der Waals surface area contributed by atoms with Crippen molar-refractivity contribution in [2.75, 3.05) is 37.7 Å². The predicted octanol–water partition coefficient (Wildman–Crippen LogP) is 2.37. The number of likely N-dealkylation sites (tertiary alicyclic amines) is 1. The number of nitrogens with two attached hydrogens (primary N) is 1. The average Bonchev–Trinajstić information content (AvgIpc) is 2.38. The lowest BCUT2D eigenvalue weighted by Gasteiger charge is -2.29. The van der Waals surface area contributed by atoms with Gasteiger partial charge in [-0.3, -0.25) is 0 Å². The van der Waals surface area contributed by atoms with Crippen molar-refractivity contribution in [3.63, 3.8) is 0 Å². The normalized spacial score (nSPS) is 17.1. The number of rotatable bonds is 4. The number of anilines is 2. The molecule has 0 spiro atoms. The maximum Gasteiger partial charge on any atom is 0.337 e. The molecule has 0 bridgehead atoms. The van der Waals surface area contributed by atoms with Crippen LogP contribution in [0.5, 0.6) is 0 Å². The van der Waals surface area contributed by atoms with Crippen molar-refractivity contribution < 1.29 is 9.90 Å². The van der Waals surface area contributed by atoms with E-state index in [1.807, 2.05) is 0 Å². The molecule has 0 saturated carbocycles. The van der Waals surface area contributed by atoms with Crippen LogP contribution in [0.2, 0.25) is 5.02 Å². The van der Waals surface area contributed by atoms with E-state index in [4.69, 9.17) is 17.3 Å². The van der Waals surface area contributed by atoms with Gasteiger partial charge < -0.3 is 21.1 Å². The van der Waals surface area contributed by atoms with Crippen LogP contribution in [0.4, 0.5) is 11.4 Å². The number of aromatic carboxylic acids is 1. The van der Waals surface area contributed by atoms with Crippen LogP contribution in [0.1, 0.15) is 23.2 Å². The van der Waals surface area contributed by atoms with E-state index in [2.05, 4.69) is 17.3 Å². The lowest BCUT2D eigenvalue weighted by Crippen LogP contribution is -2.33. The van der Waals surface area contributed by atoms with Crippen LogP contribution in [-0.2, 0) is 0 Å². The summed E-state index contributed by atoms with van der Waals surface area (Å²) in [5.74, 6) is -0.480. The Bertz CT molecular complexity index is 499. The smallest absolute Gasteiger partial charge is 0.337 e. The molecule has 110 valence electrons. The van der Waals surface area contributed by atoms with Crippen molar-refractivity contribution in [3.8, 4) is 0 Å². The fourth-order valence-electron chi connectivity index (χ4n) is 2.49. The van der Waals surface area contributed by atoms with Crippen LogP contribution in [-0.4, -0.2) is 42.7 Å². The molecule has 0 unspecified atom stereocenters. The summed E-state index contributed by atoms with van der Waals surface area (Å²) in [6.45, 7) is 2.89. The van der Waals surface area contributed by atoms with Crippen LogP contribution in [0.25, 0.3) is 0 Å². The molecule has 0 atom stereocenters. The van der Waals surface area contributed by atoms with E-state index in [1.54, 1.807) is 6.07 Å². The van der Waals surface area contributed by atoms with Crippen molar-refractivity contribution in [2.45, 2.75) is 12.8 Å². The Hall–Kier alpha value is -1.46. The van der Waals surface area contributed by atoms with Crippen molar-refractivity contribution in [1.82, 2.24) is 4.90 Å². The number of hydrogen-bond acceptors (Lipinski definition) is 4. The van der Waals surface area contributed by atoms with E-state index in [1.165, 1.54) is 6.07 Å². The van der Waals surface area contributed by atoms with Crippen molar-refractivity contribution in [3.05, 3.63) is 22.7 Å². The fraction of sp³-hybridized carbons (Fsp3) is 0.500. The van der Waals surface area contributed by atoms with Gasteiger partial charge in [-0.25, -0.2) is 4.79 Å². The van der Waals surface area contributed by atoms with Crippen LogP contribution < -0.4 is 11.1 Å². The minimum Gasteiger partial charge on any atom is -0.478 e. The number of hydrogen-bond donors (Lipinski definition) is 3. The van der Waals surface area contributed by atoms with Crippen LogP contribution in [0, 0.1) is 5.92 Å². The maximum atomic E-state index is 11.3. The summed E-state index contributed by atoms with van der Waals surface area (Å²) in [7, 11) is 2.11. The second-order valence-corrected chi connectivity index (χ2v) is 5.77. The Labute approximate surface area is 123 Å². The molecule has 1 fully saturated rings. The molecule has 1 aromatic rings. The molecular weight excluding hydrogens is 278 g/mol. The van der Waals surface area contributed by atoms with Gasteiger partial charge in [-0.2, -0.15) is 0 Å². The zero-order valence-corrected chi connectivity index (χ0v) is 12.3. The molecule has 1 saturated heterocycles. The molecule has 1 aliphatic rings. The molecule has 1 aromatic carbocycles. The van der Waals surface area contributed by atoms with E-state index >= 15 is 0 Å². The summed E-state index contributed by atoms with van der Waals surface area (Å²) < 4.78 is 0. The predicted molar refractivity (Wildman–Crippen MR) is 81.5 cm³/mol. The first-order valence-electron chi connectivity index (χ1n) is 6.72. The van der Waals surface area contributed by atoms with Crippen LogP contribution in [0.3, 0.4) is 0 Å². The molecule has 6 heteroatoms. The summed E-state index contributed by atoms with van der Waals surface area (Å²) in [6, 6.07) is 3.01. The SMILES string of the molecule is CN1CCC(CNc2c(Cl)cc(N)cc2C(=O)O)CC1. The Morgan fingerprint density at radius 1 is 1.50 bits per heavy atom. The largest absolute Gasteiger partial charge is 0.478 e. The third-order valence-electron chi connectivity index (χ3n) is 3.75. The number of benzene rings is 1. The molecule has 0 aliphatic carbocycles. The highest BCUT2D eigenvalue weighted by Crippen LogP contribution is 2.30. The summed E-state index contributed by atoms with van der Waals surface area (Å²) in [5.41, 5.74) is 6.59. The Morgan fingerprint density at radius 3 is 2.75 bits per heavy atom. The molecule has 0 radical (unpaired) electrons. The van der Waals surface area contributed by atoms with E-state index in [0.29, 0.717) is 22.3 Å². The summed E-state index contributed by atoms with van der Waals surface area (Å²) in [5, 5.41) is 12.8. The van der Waals surface area contributed by atoms with Gasteiger partial charge in [0.25, 0.3) is 0 Å². The Kier molecular flexibility index (Phi) is 4.73. The number of piperidine rings is 1. The zero-order chi connectivity index (χ0) is 14.7. The molecule has 0 amide bonds. The first-order chi connectivity index (χ1) is 9.47.